The zero-order valence-corrected chi connectivity index (χ0v) is 12.0. The van der Waals surface area contributed by atoms with Gasteiger partial charge in [0.15, 0.2) is 0 Å². The van der Waals surface area contributed by atoms with Gasteiger partial charge in [0, 0.05) is 11.1 Å². The van der Waals surface area contributed by atoms with Crippen LogP contribution in [0.3, 0.4) is 0 Å². The topological polar surface area (TPSA) is 66.4 Å². The molecule has 0 aliphatic heterocycles. The van der Waals surface area contributed by atoms with Crippen molar-refractivity contribution in [2.24, 2.45) is 0 Å². The minimum atomic E-state index is -4.85. The molecule has 0 aliphatic carbocycles. The first-order valence-electron chi connectivity index (χ1n) is 5.61. The number of aliphatic hydroxyl groups excluding tert-OH is 1. The molecule has 0 radical (unpaired) electrons. The Kier molecular flexibility index (Phi) is 5.42. The van der Waals surface area contributed by atoms with Gasteiger partial charge in [-0.2, -0.15) is 13.2 Å². The summed E-state index contributed by atoms with van der Waals surface area (Å²) in [7, 11) is -4.40. The Hall–Kier alpha value is -0.830. The van der Waals surface area contributed by atoms with Crippen molar-refractivity contribution in [2.45, 2.75) is 30.5 Å². The van der Waals surface area contributed by atoms with E-state index in [0.717, 1.165) is 12.1 Å². The van der Waals surface area contributed by atoms with Crippen LogP contribution in [0.4, 0.5) is 13.2 Å². The van der Waals surface area contributed by atoms with Crippen molar-refractivity contribution in [2.75, 3.05) is 6.61 Å². The molecule has 1 unspecified atom stereocenters. The second kappa shape index (κ2) is 6.30. The summed E-state index contributed by atoms with van der Waals surface area (Å²) in [6.07, 6.45) is -4.61. The van der Waals surface area contributed by atoms with Gasteiger partial charge in [-0.3, -0.25) is 0 Å². The predicted molar refractivity (Wildman–Crippen MR) is 67.9 cm³/mol. The van der Waals surface area contributed by atoms with Crippen LogP contribution < -0.4 is 4.72 Å². The maximum Gasteiger partial charge on any atom is 0.417 e. The third-order valence-corrected chi connectivity index (χ3v) is 4.39. The lowest BCUT2D eigenvalue weighted by Gasteiger charge is -2.17. The Morgan fingerprint density at radius 2 is 2.00 bits per heavy atom. The summed E-state index contributed by atoms with van der Waals surface area (Å²) in [6.45, 7) is 1.08. The highest BCUT2D eigenvalue weighted by atomic mass is 35.5. The van der Waals surface area contributed by atoms with E-state index >= 15 is 0 Å². The van der Waals surface area contributed by atoms with E-state index in [-0.39, 0.29) is 11.4 Å². The summed E-state index contributed by atoms with van der Waals surface area (Å²) >= 11 is 5.48. The van der Waals surface area contributed by atoms with Crippen molar-refractivity contribution >= 4 is 21.6 Å². The van der Waals surface area contributed by atoms with Gasteiger partial charge in [-0.05, 0) is 24.6 Å². The number of aliphatic hydroxyl groups is 1. The molecule has 2 N–H and O–H groups in total. The molecule has 0 amide bonds. The van der Waals surface area contributed by atoms with Gasteiger partial charge in [-0.15, -0.1) is 0 Å². The van der Waals surface area contributed by atoms with E-state index in [2.05, 4.69) is 0 Å². The van der Waals surface area contributed by atoms with E-state index in [1.807, 2.05) is 4.72 Å². The summed E-state index contributed by atoms with van der Waals surface area (Å²) in [5.74, 6) is 0. The van der Waals surface area contributed by atoms with Gasteiger partial charge in [0.05, 0.1) is 17.1 Å². The summed E-state index contributed by atoms with van der Waals surface area (Å²) in [5, 5.41) is 8.72. The van der Waals surface area contributed by atoms with Gasteiger partial charge in [-0.1, -0.05) is 18.5 Å². The van der Waals surface area contributed by atoms with Crippen LogP contribution in [-0.2, 0) is 16.2 Å². The maximum absolute atomic E-state index is 12.9. The van der Waals surface area contributed by atoms with E-state index in [9.17, 15) is 21.6 Å². The average Bonchev–Trinajstić information content (AvgIpc) is 2.34. The SMILES string of the molecule is CCC(CO)NS(=O)(=O)c1ccc(Cl)cc1C(F)(F)F. The van der Waals surface area contributed by atoms with E-state index < -0.39 is 39.3 Å². The van der Waals surface area contributed by atoms with E-state index in [0.29, 0.717) is 6.07 Å². The van der Waals surface area contributed by atoms with Crippen molar-refractivity contribution in [3.8, 4) is 0 Å². The summed E-state index contributed by atoms with van der Waals surface area (Å²) < 4.78 is 64.5. The zero-order valence-electron chi connectivity index (χ0n) is 10.4. The Balaban J connectivity index is 3.32. The Morgan fingerprint density at radius 1 is 1.40 bits per heavy atom. The molecule has 114 valence electrons. The first kappa shape index (κ1) is 17.2. The van der Waals surface area contributed by atoms with Crippen LogP contribution in [0.25, 0.3) is 0 Å². The lowest BCUT2D eigenvalue weighted by atomic mass is 10.2. The predicted octanol–water partition coefficient (Wildman–Crippen LogP) is 2.41. The molecule has 0 saturated carbocycles. The van der Waals surface area contributed by atoms with Crippen LogP contribution in [0.2, 0.25) is 5.02 Å². The van der Waals surface area contributed by atoms with E-state index in [4.69, 9.17) is 16.7 Å². The number of sulfonamides is 1. The zero-order chi connectivity index (χ0) is 15.6. The first-order chi connectivity index (χ1) is 9.11. The van der Waals surface area contributed by atoms with Gasteiger partial charge < -0.3 is 5.11 Å². The van der Waals surface area contributed by atoms with Gasteiger partial charge in [0.2, 0.25) is 10.0 Å². The molecular weight excluding hydrogens is 319 g/mol. The van der Waals surface area contributed by atoms with Crippen molar-refractivity contribution in [1.82, 2.24) is 4.72 Å². The second-order valence-electron chi connectivity index (χ2n) is 4.05. The lowest BCUT2D eigenvalue weighted by Crippen LogP contribution is -2.37. The third-order valence-electron chi connectivity index (χ3n) is 2.57. The Labute approximate surface area is 119 Å². The van der Waals surface area contributed by atoms with E-state index in [1.54, 1.807) is 6.92 Å². The van der Waals surface area contributed by atoms with Gasteiger partial charge >= 0.3 is 6.18 Å². The van der Waals surface area contributed by atoms with E-state index in [1.165, 1.54) is 0 Å². The maximum atomic E-state index is 12.9. The molecule has 0 spiro atoms. The fourth-order valence-corrected chi connectivity index (χ4v) is 3.18. The summed E-state index contributed by atoms with van der Waals surface area (Å²) in [5.41, 5.74) is -1.34. The number of halogens is 4. The van der Waals surface area contributed by atoms with Crippen molar-refractivity contribution in [3.63, 3.8) is 0 Å². The standard InChI is InChI=1S/C11H13ClF3NO3S/c1-2-8(6-17)16-20(18,19)10-4-3-7(12)5-9(10)11(13,14)15/h3-5,8,16-17H,2,6H2,1H3. The average molecular weight is 332 g/mol. The minimum Gasteiger partial charge on any atom is -0.395 e. The van der Waals surface area contributed by atoms with Gasteiger partial charge in [0.25, 0.3) is 0 Å². The number of alkyl halides is 3. The third kappa shape index (κ3) is 4.08. The van der Waals surface area contributed by atoms with Crippen LogP contribution in [0.15, 0.2) is 23.1 Å². The number of hydrogen-bond donors (Lipinski definition) is 2. The smallest absolute Gasteiger partial charge is 0.395 e. The fraction of sp³-hybridized carbons (Fsp3) is 0.455. The monoisotopic (exact) mass is 331 g/mol. The number of nitrogens with one attached hydrogen (secondary N) is 1. The number of hydrogen-bond acceptors (Lipinski definition) is 3. The number of benzene rings is 1. The molecule has 0 heterocycles. The highest BCUT2D eigenvalue weighted by molar-refractivity contribution is 7.89. The molecule has 1 aromatic rings. The fourth-order valence-electron chi connectivity index (χ4n) is 1.49. The highest BCUT2D eigenvalue weighted by Crippen LogP contribution is 2.35. The first-order valence-corrected chi connectivity index (χ1v) is 7.48. The van der Waals surface area contributed by atoms with Crippen LogP contribution in [0.5, 0.6) is 0 Å². The molecule has 1 aromatic carbocycles. The van der Waals surface area contributed by atoms with Crippen molar-refractivity contribution < 1.29 is 26.7 Å². The molecular formula is C11H13ClF3NO3S. The van der Waals surface area contributed by atoms with Crippen LogP contribution >= 0.6 is 11.6 Å². The van der Waals surface area contributed by atoms with Gasteiger partial charge in [0.1, 0.15) is 0 Å². The minimum absolute atomic E-state index is 0.217. The molecule has 0 aromatic heterocycles. The molecule has 0 fully saturated rings. The van der Waals surface area contributed by atoms with Crippen LogP contribution in [0, 0.1) is 0 Å². The molecule has 9 heteroatoms. The highest BCUT2D eigenvalue weighted by Gasteiger charge is 2.37. The van der Waals surface area contributed by atoms with Crippen molar-refractivity contribution in [3.05, 3.63) is 28.8 Å². The molecule has 1 atom stereocenters. The van der Waals surface area contributed by atoms with Crippen LogP contribution in [0.1, 0.15) is 18.9 Å². The molecule has 0 saturated heterocycles. The quantitative estimate of drug-likeness (QED) is 0.870. The lowest BCUT2D eigenvalue weighted by molar-refractivity contribution is -0.139. The largest absolute Gasteiger partial charge is 0.417 e. The van der Waals surface area contributed by atoms with Gasteiger partial charge in [-0.25, -0.2) is 13.1 Å². The molecule has 0 bridgehead atoms. The van der Waals surface area contributed by atoms with Crippen molar-refractivity contribution in [1.29, 1.82) is 0 Å². The molecule has 0 aliphatic rings. The molecule has 20 heavy (non-hydrogen) atoms. The molecule has 1 rings (SSSR count). The van der Waals surface area contributed by atoms with Crippen LogP contribution in [-0.4, -0.2) is 26.2 Å². The number of rotatable bonds is 5. The Bertz CT molecular complexity index is 571. The molecule has 4 nitrogen and oxygen atoms in total. The second-order valence-corrected chi connectivity index (χ2v) is 6.17. The Morgan fingerprint density at radius 3 is 2.45 bits per heavy atom. The summed E-state index contributed by atoms with van der Waals surface area (Å²) in [6, 6.07) is 1.55. The normalized spacial score (nSPS) is 14.3. The summed E-state index contributed by atoms with van der Waals surface area (Å²) in [4.78, 5) is -0.915.